The van der Waals surface area contributed by atoms with E-state index in [1.807, 2.05) is 0 Å². The van der Waals surface area contributed by atoms with Crippen molar-refractivity contribution in [3.05, 3.63) is 72.9 Å². The molecule has 0 amide bonds. The van der Waals surface area contributed by atoms with Gasteiger partial charge in [-0.05, 0) is 103 Å². The zero-order chi connectivity index (χ0) is 51.4. The molecule has 0 spiro atoms. The van der Waals surface area contributed by atoms with E-state index >= 15 is 0 Å². The van der Waals surface area contributed by atoms with Gasteiger partial charge in [-0.25, -0.2) is 0 Å². The Labute approximate surface area is 440 Å². The van der Waals surface area contributed by atoms with Crippen LogP contribution in [-0.2, 0) is 28.6 Å². The largest absolute Gasteiger partial charge is 0.462 e. The summed E-state index contributed by atoms with van der Waals surface area (Å²) in [7, 11) is 0. The van der Waals surface area contributed by atoms with E-state index in [4.69, 9.17) is 14.2 Å². The molecule has 0 heterocycles. The van der Waals surface area contributed by atoms with Crippen molar-refractivity contribution in [2.24, 2.45) is 0 Å². The summed E-state index contributed by atoms with van der Waals surface area (Å²) in [5.41, 5.74) is 0. The van der Waals surface area contributed by atoms with Crippen LogP contribution in [0, 0.1) is 0 Å². The molecule has 0 aliphatic heterocycles. The van der Waals surface area contributed by atoms with Crippen molar-refractivity contribution in [3.63, 3.8) is 0 Å². The van der Waals surface area contributed by atoms with E-state index in [9.17, 15) is 14.4 Å². The Hall–Kier alpha value is -3.15. The number of hydrogen-bond donors (Lipinski definition) is 0. The second kappa shape index (κ2) is 59.4. The predicted octanol–water partition coefficient (Wildman–Crippen LogP) is 20.5. The lowest BCUT2D eigenvalue weighted by atomic mass is 10.0. The third-order valence-corrected chi connectivity index (χ3v) is 13.1. The fourth-order valence-electron chi connectivity index (χ4n) is 8.53. The van der Waals surface area contributed by atoms with Gasteiger partial charge < -0.3 is 14.2 Å². The van der Waals surface area contributed by atoms with E-state index < -0.39 is 6.10 Å². The van der Waals surface area contributed by atoms with Crippen molar-refractivity contribution < 1.29 is 28.6 Å². The Bertz CT molecular complexity index is 1320. The summed E-state index contributed by atoms with van der Waals surface area (Å²) < 4.78 is 16.8. The van der Waals surface area contributed by atoms with Gasteiger partial charge in [0.05, 0.1) is 0 Å². The molecule has 0 N–H and O–H groups in total. The van der Waals surface area contributed by atoms with Crippen LogP contribution in [0.25, 0.3) is 0 Å². The molecular formula is C65H114O6. The van der Waals surface area contributed by atoms with Gasteiger partial charge in [0.15, 0.2) is 6.10 Å². The van der Waals surface area contributed by atoms with Crippen LogP contribution in [-0.4, -0.2) is 37.2 Å². The molecule has 71 heavy (non-hydrogen) atoms. The number of carbonyl (C=O) groups is 3. The minimum absolute atomic E-state index is 0.0828. The highest BCUT2D eigenvalue weighted by atomic mass is 16.6. The van der Waals surface area contributed by atoms with Gasteiger partial charge in [-0.3, -0.25) is 14.4 Å². The van der Waals surface area contributed by atoms with Crippen LogP contribution in [0.5, 0.6) is 0 Å². The molecule has 0 aliphatic carbocycles. The van der Waals surface area contributed by atoms with Crippen LogP contribution in [0.3, 0.4) is 0 Å². The Morgan fingerprint density at radius 1 is 0.282 bits per heavy atom. The first kappa shape index (κ1) is 67.8. The third kappa shape index (κ3) is 57.6. The summed E-state index contributed by atoms with van der Waals surface area (Å²) >= 11 is 0. The molecule has 0 fully saturated rings. The van der Waals surface area contributed by atoms with Crippen molar-refractivity contribution in [3.8, 4) is 0 Å². The van der Waals surface area contributed by atoms with Gasteiger partial charge >= 0.3 is 17.9 Å². The van der Waals surface area contributed by atoms with E-state index in [2.05, 4.69) is 93.7 Å². The molecule has 6 heteroatoms. The van der Waals surface area contributed by atoms with Crippen molar-refractivity contribution in [1.29, 1.82) is 0 Å². The number of unbranched alkanes of at least 4 members (excludes halogenated alkanes) is 32. The molecule has 0 radical (unpaired) electrons. The summed E-state index contributed by atoms with van der Waals surface area (Å²) in [6.07, 6.45) is 76.3. The molecular weight excluding hydrogens is 877 g/mol. The first-order chi connectivity index (χ1) is 35.0. The molecule has 0 bridgehead atoms. The molecule has 6 nitrogen and oxygen atoms in total. The molecule has 1 atom stereocenters. The monoisotopic (exact) mass is 991 g/mol. The number of hydrogen-bond acceptors (Lipinski definition) is 6. The van der Waals surface area contributed by atoms with Crippen LogP contribution in [0.15, 0.2) is 72.9 Å². The van der Waals surface area contributed by atoms with Crippen molar-refractivity contribution >= 4 is 17.9 Å². The van der Waals surface area contributed by atoms with E-state index in [1.54, 1.807) is 0 Å². The molecule has 0 saturated carbocycles. The average molecular weight is 992 g/mol. The molecule has 0 aromatic rings. The highest BCUT2D eigenvalue weighted by Gasteiger charge is 2.19. The topological polar surface area (TPSA) is 78.9 Å². The minimum Gasteiger partial charge on any atom is -0.462 e. The van der Waals surface area contributed by atoms with Crippen molar-refractivity contribution in [1.82, 2.24) is 0 Å². The van der Waals surface area contributed by atoms with Gasteiger partial charge in [0.1, 0.15) is 13.2 Å². The lowest BCUT2D eigenvalue weighted by Gasteiger charge is -2.18. The van der Waals surface area contributed by atoms with Gasteiger partial charge in [0.25, 0.3) is 0 Å². The second-order valence-corrected chi connectivity index (χ2v) is 20.2. The molecule has 0 rings (SSSR count). The maximum absolute atomic E-state index is 12.8. The van der Waals surface area contributed by atoms with E-state index in [1.165, 1.54) is 154 Å². The molecule has 0 aliphatic rings. The zero-order valence-corrected chi connectivity index (χ0v) is 47.0. The summed E-state index contributed by atoms with van der Waals surface area (Å²) in [6, 6.07) is 0. The lowest BCUT2D eigenvalue weighted by molar-refractivity contribution is -0.167. The van der Waals surface area contributed by atoms with Crippen molar-refractivity contribution in [2.45, 2.75) is 309 Å². The normalized spacial score (nSPS) is 12.5. The van der Waals surface area contributed by atoms with Crippen molar-refractivity contribution in [2.75, 3.05) is 13.2 Å². The standard InChI is InChI=1S/C65H114O6/c1-4-7-10-13-16-19-22-24-26-27-28-29-30-31-32-33-34-35-36-37-38-39-40-42-43-46-49-52-55-58-64(67)70-61-62(60-69-63(66)57-54-51-48-45-21-18-15-12-9-6-3)71-65(68)59-56-53-50-47-44-41-25-23-20-17-14-11-8-5-2/h12,14-15,17,22-25,27-28,30-31,62H,4-11,13,16,18-21,26,29,32-61H2,1-3H3/b15-12-,17-14-,24-22-,25-23-,28-27-,31-30-. The van der Waals surface area contributed by atoms with Crippen LogP contribution >= 0.6 is 0 Å². The van der Waals surface area contributed by atoms with Crippen LogP contribution in [0.2, 0.25) is 0 Å². The van der Waals surface area contributed by atoms with Gasteiger partial charge in [-0.15, -0.1) is 0 Å². The fraction of sp³-hybridized carbons (Fsp3) is 0.769. The number of ether oxygens (including phenoxy) is 3. The molecule has 0 aromatic carbocycles. The number of carbonyl (C=O) groups excluding carboxylic acids is 3. The molecule has 1 unspecified atom stereocenters. The maximum atomic E-state index is 12.8. The fourth-order valence-corrected chi connectivity index (χ4v) is 8.53. The number of allylic oxidation sites excluding steroid dienone is 12. The Morgan fingerprint density at radius 2 is 0.549 bits per heavy atom. The summed E-state index contributed by atoms with van der Waals surface area (Å²) in [5, 5.41) is 0. The lowest BCUT2D eigenvalue weighted by Crippen LogP contribution is -2.30. The Balaban J connectivity index is 4.16. The molecule has 0 aromatic heterocycles. The maximum Gasteiger partial charge on any atom is 0.306 e. The second-order valence-electron chi connectivity index (χ2n) is 20.2. The molecule has 410 valence electrons. The SMILES string of the molecule is CCC/C=C\CCCCCCCC(=O)OCC(COC(=O)CCCCCCCCCCCCCCCC/C=C\C/C=C\C/C=C\CCCCCCC)OC(=O)CCCCCCC/C=C\C/C=C\CCCC. The first-order valence-corrected chi connectivity index (χ1v) is 30.4. The van der Waals surface area contributed by atoms with Gasteiger partial charge in [0.2, 0.25) is 0 Å². The Morgan fingerprint density at radius 3 is 0.901 bits per heavy atom. The van der Waals surface area contributed by atoms with Gasteiger partial charge in [0, 0.05) is 19.3 Å². The highest BCUT2D eigenvalue weighted by molar-refractivity contribution is 5.71. The first-order valence-electron chi connectivity index (χ1n) is 30.4. The van der Waals surface area contributed by atoms with Crippen LogP contribution < -0.4 is 0 Å². The minimum atomic E-state index is -0.785. The van der Waals surface area contributed by atoms with Gasteiger partial charge in [-0.1, -0.05) is 254 Å². The predicted molar refractivity (Wildman–Crippen MR) is 307 cm³/mol. The zero-order valence-electron chi connectivity index (χ0n) is 47.0. The van der Waals surface area contributed by atoms with E-state index in [-0.39, 0.29) is 31.1 Å². The third-order valence-electron chi connectivity index (χ3n) is 13.1. The summed E-state index contributed by atoms with van der Waals surface area (Å²) in [5.74, 6) is -0.901. The quantitative estimate of drug-likeness (QED) is 0.0261. The highest BCUT2D eigenvalue weighted by Crippen LogP contribution is 2.16. The summed E-state index contributed by atoms with van der Waals surface area (Å²) in [6.45, 7) is 6.52. The van der Waals surface area contributed by atoms with E-state index in [0.29, 0.717) is 19.3 Å². The van der Waals surface area contributed by atoms with Crippen LogP contribution in [0.4, 0.5) is 0 Å². The molecule has 0 saturated heterocycles. The average Bonchev–Trinajstić information content (AvgIpc) is 3.37. The van der Waals surface area contributed by atoms with Crippen LogP contribution in [0.1, 0.15) is 303 Å². The van der Waals surface area contributed by atoms with Gasteiger partial charge in [-0.2, -0.15) is 0 Å². The Kier molecular flexibility index (Phi) is 56.8. The smallest absolute Gasteiger partial charge is 0.306 e. The summed E-state index contributed by atoms with van der Waals surface area (Å²) in [4.78, 5) is 38.1. The van der Waals surface area contributed by atoms with E-state index in [0.717, 1.165) is 109 Å². The number of rotatable bonds is 55. The number of esters is 3.